The van der Waals surface area contributed by atoms with Gasteiger partial charge in [0.2, 0.25) is 0 Å². The van der Waals surface area contributed by atoms with E-state index < -0.39 is 0 Å². The van der Waals surface area contributed by atoms with Gasteiger partial charge in [-0.2, -0.15) is 12.6 Å². The van der Waals surface area contributed by atoms with Crippen LogP contribution in [-0.4, -0.2) is 17.8 Å². The summed E-state index contributed by atoms with van der Waals surface area (Å²) in [4.78, 5) is 11.2. The van der Waals surface area contributed by atoms with Gasteiger partial charge in [0.05, 0.1) is 11.9 Å². The molecule has 2 nitrogen and oxygen atoms in total. The van der Waals surface area contributed by atoms with E-state index in [0.717, 1.165) is 6.42 Å². The van der Waals surface area contributed by atoms with Crippen LogP contribution in [0, 0.1) is 0 Å². The molecule has 0 N–H and O–H groups in total. The van der Waals surface area contributed by atoms with Crippen LogP contribution < -0.4 is 0 Å². The highest BCUT2D eigenvalue weighted by Crippen LogP contribution is 2.13. The molecule has 0 radical (unpaired) electrons. The Bertz CT molecular complexity index is 242. The summed E-state index contributed by atoms with van der Waals surface area (Å²) in [6.07, 6.45) is 18.8. The lowest BCUT2D eigenvalue weighted by Gasteiger charge is -2.06. The van der Waals surface area contributed by atoms with E-state index in [1.807, 2.05) is 0 Å². The molecule has 0 aliphatic heterocycles. The van der Waals surface area contributed by atoms with Crippen LogP contribution in [0.25, 0.3) is 0 Å². The van der Waals surface area contributed by atoms with Crippen molar-refractivity contribution in [2.24, 2.45) is 0 Å². The molecule has 0 fully saturated rings. The van der Waals surface area contributed by atoms with Crippen molar-refractivity contribution in [3.8, 4) is 0 Å². The van der Waals surface area contributed by atoms with Crippen LogP contribution in [0.15, 0.2) is 0 Å². The van der Waals surface area contributed by atoms with Gasteiger partial charge < -0.3 is 4.74 Å². The molecule has 0 amide bonds. The summed E-state index contributed by atoms with van der Waals surface area (Å²) >= 11 is 4.05. The van der Waals surface area contributed by atoms with Crippen molar-refractivity contribution in [3.05, 3.63) is 0 Å². The van der Waals surface area contributed by atoms with Gasteiger partial charge in [0.15, 0.2) is 0 Å². The fourth-order valence-electron chi connectivity index (χ4n) is 2.59. The number of hydrogen-bond acceptors (Lipinski definition) is 3. The molecule has 0 spiro atoms. The van der Waals surface area contributed by atoms with Gasteiger partial charge in [0, 0.05) is 0 Å². The summed E-state index contributed by atoms with van der Waals surface area (Å²) in [5.41, 5.74) is 0. The fourth-order valence-corrected chi connectivity index (χ4v) is 2.66. The molecule has 0 aromatic carbocycles. The zero-order valence-electron chi connectivity index (χ0n) is 14.9. The molecule has 3 heteroatoms. The van der Waals surface area contributed by atoms with Crippen molar-refractivity contribution in [1.29, 1.82) is 0 Å². The minimum atomic E-state index is -0.299. The molecule has 132 valence electrons. The number of rotatable bonds is 16. The first kappa shape index (κ1) is 21.8. The fraction of sp³-hybridized carbons (Fsp3) is 0.947. The first-order valence-corrected chi connectivity index (χ1v) is 10.0. The van der Waals surface area contributed by atoms with Gasteiger partial charge in [-0.3, -0.25) is 4.79 Å². The Hall–Kier alpha value is -0.180. The molecule has 0 saturated heterocycles. The van der Waals surface area contributed by atoms with Gasteiger partial charge in [-0.25, -0.2) is 0 Å². The van der Waals surface area contributed by atoms with Gasteiger partial charge in [0.1, 0.15) is 0 Å². The van der Waals surface area contributed by atoms with Crippen molar-refractivity contribution in [1.82, 2.24) is 0 Å². The second kappa shape index (κ2) is 17.2. The molecule has 1 atom stereocenters. The van der Waals surface area contributed by atoms with Crippen LogP contribution in [0.5, 0.6) is 0 Å². The van der Waals surface area contributed by atoms with E-state index in [9.17, 15) is 4.79 Å². The topological polar surface area (TPSA) is 26.3 Å². The highest BCUT2D eigenvalue weighted by Gasteiger charge is 2.07. The zero-order valence-corrected chi connectivity index (χ0v) is 15.8. The largest absolute Gasteiger partial charge is 0.465 e. The minimum Gasteiger partial charge on any atom is -0.465 e. The minimum absolute atomic E-state index is 0.196. The van der Waals surface area contributed by atoms with Crippen molar-refractivity contribution < 1.29 is 9.53 Å². The first-order chi connectivity index (χ1) is 10.7. The number of ether oxygens (including phenoxy) is 1. The monoisotopic (exact) mass is 330 g/mol. The maximum Gasteiger partial charge on any atom is 0.318 e. The third kappa shape index (κ3) is 16.2. The number of unbranched alkanes of at least 4 members (excludes halogenated alkanes) is 13. The van der Waals surface area contributed by atoms with E-state index in [2.05, 4.69) is 19.6 Å². The summed E-state index contributed by atoms with van der Waals surface area (Å²) in [5, 5.41) is -0.299. The lowest BCUT2D eigenvalue weighted by Crippen LogP contribution is -2.15. The van der Waals surface area contributed by atoms with Crippen molar-refractivity contribution in [2.45, 2.75) is 109 Å². The molecule has 0 aromatic rings. The third-order valence-electron chi connectivity index (χ3n) is 4.08. The smallest absolute Gasteiger partial charge is 0.318 e. The highest BCUT2D eigenvalue weighted by atomic mass is 32.1. The van der Waals surface area contributed by atoms with Crippen molar-refractivity contribution in [3.63, 3.8) is 0 Å². The van der Waals surface area contributed by atoms with Crippen LogP contribution in [-0.2, 0) is 9.53 Å². The molecule has 0 rings (SSSR count). The zero-order chi connectivity index (χ0) is 16.5. The lowest BCUT2D eigenvalue weighted by molar-refractivity contribution is -0.142. The van der Waals surface area contributed by atoms with Crippen LogP contribution in [0.2, 0.25) is 0 Å². The second-order valence-corrected chi connectivity index (χ2v) is 7.21. The number of esters is 1. The SMILES string of the molecule is CCCCCCCCCCCCCCCCOC(=O)C(C)S. The van der Waals surface area contributed by atoms with Crippen LogP contribution >= 0.6 is 12.6 Å². The Kier molecular flexibility index (Phi) is 17.0. The van der Waals surface area contributed by atoms with E-state index in [1.165, 1.54) is 83.5 Å². The molecule has 0 aliphatic carbocycles. The van der Waals surface area contributed by atoms with Crippen molar-refractivity contribution >= 4 is 18.6 Å². The average Bonchev–Trinajstić information content (AvgIpc) is 2.50. The number of hydrogen-bond donors (Lipinski definition) is 1. The quantitative estimate of drug-likeness (QED) is 0.203. The van der Waals surface area contributed by atoms with E-state index >= 15 is 0 Å². The number of carbonyl (C=O) groups excluding carboxylic acids is 1. The van der Waals surface area contributed by atoms with Crippen molar-refractivity contribution in [2.75, 3.05) is 6.61 Å². The van der Waals surface area contributed by atoms with Gasteiger partial charge >= 0.3 is 5.97 Å². The summed E-state index contributed by atoms with van der Waals surface area (Å²) < 4.78 is 5.10. The normalized spacial score (nSPS) is 12.3. The predicted octanol–water partition coefficient (Wildman–Crippen LogP) is 6.33. The third-order valence-corrected chi connectivity index (χ3v) is 4.29. The van der Waals surface area contributed by atoms with E-state index in [0.29, 0.717) is 6.61 Å². The average molecular weight is 331 g/mol. The van der Waals surface area contributed by atoms with Gasteiger partial charge in [-0.15, -0.1) is 0 Å². The maximum atomic E-state index is 11.2. The molecule has 0 aromatic heterocycles. The van der Waals surface area contributed by atoms with Gasteiger partial charge in [-0.1, -0.05) is 90.4 Å². The van der Waals surface area contributed by atoms with E-state index in [-0.39, 0.29) is 11.2 Å². The summed E-state index contributed by atoms with van der Waals surface area (Å²) in [7, 11) is 0. The maximum absolute atomic E-state index is 11.2. The Morgan fingerprint density at radius 3 is 1.50 bits per heavy atom. The summed E-state index contributed by atoms with van der Waals surface area (Å²) in [6.45, 7) is 4.58. The Balaban J connectivity index is 3.04. The van der Waals surface area contributed by atoms with Crippen LogP contribution in [0.3, 0.4) is 0 Å². The highest BCUT2D eigenvalue weighted by molar-refractivity contribution is 7.81. The molecule has 0 bridgehead atoms. The molecule has 0 aliphatic rings. The van der Waals surface area contributed by atoms with Crippen LogP contribution in [0.1, 0.15) is 104 Å². The molecule has 0 heterocycles. The predicted molar refractivity (Wildman–Crippen MR) is 99.7 cm³/mol. The molecular formula is C19H38O2S. The summed E-state index contributed by atoms with van der Waals surface area (Å²) in [6, 6.07) is 0. The Labute approximate surface area is 144 Å². The second-order valence-electron chi connectivity index (χ2n) is 6.44. The van der Waals surface area contributed by atoms with E-state index in [4.69, 9.17) is 4.74 Å². The summed E-state index contributed by atoms with van der Waals surface area (Å²) in [5.74, 6) is -0.196. The Morgan fingerprint density at radius 1 is 0.773 bits per heavy atom. The molecular weight excluding hydrogens is 292 g/mol. The standard InChI is InChI=1S/C19H38O2S/c1-3-4-5-6-7-8-9-10-11-12-13-14-15-16-17-21-19(20)18(2)22/h18,22H,3-17H2,1-2H3. The molecule has 0 saturated carbocycles. The van der Waals surface area contributed by atoms with E-state index in [1.54, 1.807) is 6.92 Å². The number of thiol groups is 1. The van der Waals surface area contributed by atoms with Crippen LogP contribution in [0.4, 0.5) is 0 Å². The van der Waals surface area contributed by atoms with Gasteiger partial charge in [0.25, 0.3) is 0 Å². The lowest BCUT2D eigenvalue weighted by atomic mass is 10.0. The molecule has 22 heavy (non-hydrogen) atoms. The molecule has 1 unspecified atom stereocenters. The van der Waals surface area contributed by atoms with Gasteiger partial charge in [-0.05, 0) is 13.3 Å². The Morgan fingerprint density at radius 2 is 1.14 bits per heavy atom. The first-order valence-electron chi connectivity index (χ1n) is 9.53. The number of carbonyl (C=O) groups is 1.